The van der Waals surface area contributed by atoms with Crippen molar-refractivity contribution in [3.8, 4) is 0 Å². The van der Waals surface area contributed by atoms with Crippen LogP contribution in [0.2, 0.25) is 0 Å². The van der Waals surface area contributed by atoms with E-state index in [0.29, 0.717) is 11.3 Å². The minimum absolute atomic E-state index is 0.0715. The van der Waals surface area contributed by atoms with Crippen LogP contribution < -0.4 is 10.6 Å². The first kappa shape index (κ1) is 15.0. The van der Waals surface area contributed by atoms with Crippen LogP contribution in [0.3, 0.4) is 0 Å². The van der Waals surface area contributed by atoms with Crippen molar-refractivity contribution in [2.45, 2.75) is 26.3 Å². The molecule has 19 heavy (non-hydrogen) atoms. The molecule has 5 nitrogen and oxygen atoms in total. The van der Waals surface area contributed by atoms with E-state index in [2.05, 4.69) is 15.4 Å². The largest absolute Gasteiger partial charge is 0.465 e. The minimum atomic E-state index is -0.396. The maximum atomic E-state index is 11.6. The van der Waals surface area contributed by atoms with Gasteiger partial charge in [-0.25, -0.2) is 4.79 Å². The third-order valence-corrected chi connectivity index (χ3v) is 2.76. The molecule has 0 saturated heterocycles. The Morgan fingerprint density at radius 1 is 1.37 bits per heavy atom. The number of hydrogen-bond donors (Lipinski definition) is 2. The molecule has 0 spiro atoms. The normalized spacial score (nSPS) is 11.5. The van der Waals surface area contributed by atoms with Crippen LogP contribution in [-0.4, -0.2) is 31.6 Å². The van der Waals surface area contributed by atoms with E-state index in [-0.39, 0.29) is 18.5 Å². The molecule has 0 aliphatic rings. The molecule has 1 aromatic carbocycles. The lowest BCUT2D eigenvalue weighted by Crippen LogP contribution is -2.36. The molecule has 0 heterocycles. The van der Waals surface area contributed by atoms with Gasteiger partial charge in [-0.1, -0.05) is 13.0 Å². The van der Waals surface area contributed by atoms with Crippen LogP contribution in [0.5, 0.6) is 0 Å². The van der Waals surface area contributed by atoms with E-state index in [4.69, 9.17) is 0 Å². The van der Waals surface area contributed by atoms with Crippen LogP contribution in [0.1, 0.15) is 30.6 Å². The molecule has 0 bridgehead atoms. The number of carbonyl (C=O) groups is 2. The van der Waals surface area contributed by atoms with Crippen LogP contribution in [0.4, 0.5) is 5.69 Å². The fourth-order valence-electron chi connectivity index (χ4n) is 1.48. The SMILES string of the molecule is CCC(C)NC(=O)CNc1cccc(C(=O)OC)c1. The minimum Gasteiger partial charge on any atom is -0.465 e. The Morgan fingerprint density at radius 2 is 2.11 bits per heavy atom. The summed E-state index contributed by atoms with van der Waals surface area (Å²) in [6.07, 6.45) is 0.892. The van der Waals surface area contributed by atoms with Gasteiger partial charge in [0.15, 0.2) is 0 Å². The molecule has 1 rings (SSSR count). The summed E-state index contributed by atoms with van der Waals surface area (Å²) in [5.41, 5.74) is 1.16. The maximum Gasteiger partial charge on any atom is 0.337 e. The summed E-state index contributed by atoms with van der Waals surface area (Å²) < 4.78 is 4.64. The Labute approximate surface area is 113 Å². The Balaban J connectivity index is 2.54. The number of amides is 1. The van der Waals surface area contributed by atoms with Crippen LogP contribution >= 0.6 is 0 Å². The van der Waals surface area contributed by atoms with Gasteiger partial charge in [0.1, 0.15) is 0 Å². The molecule has 1 atom stereocenters. The van der Waals surface area contributed by atoms with Gasteiger partial charge in [0.25, 0.3) is 0 Å². The van der Waals surface area contributed by atoms with Crippen molar-refractivity contribution in [3.05, 3.63) is 29.8 Å². The Morgan fingerprint density at radius 3 is 2.74 bits per heavy atom. The number of carbonyl (C=O) groups excluding carboxylic acids is 2. The Hall–Kier alpha value is -2.04. The zero-order chi connectivity index (χ0) is 14.3. The van der Waals surface area contributed by atoms with E-state index in [9.17, 15) is 9.59 Å². The Bertz CT molecular complexity index is 446. The topological polar surface area (TPSA) is 67.4 Å². The summed E-state index contributed by atoms with van der Waals surface area (Å²) in [4.78, 5) is 23.0. The summed E-state index contributed by atoms with van der Waals surface area (Å²) in [6.45, 7) is 4.14. The molecule has 0 aliphatic carbocycles. The summed E-state index contributed by atoms with van der Waals surface area (Å²) in [6, 6.07) is 7.01. The van der Waals surface area contributed by atoms with Crippen molar-refractivity contribution in [2.24, 2.45) is 0 Å². The first-order valence-corrected chi connectivity index (χ1v) is 6.28. The monoisotopic (exact) mass is 264 g/mol. The number of methoxy groups -OCH3 is 1. The highest BCUT2D eigenvalue weighted by Crippen LogP contribution is 2.11. The zero-order valence-corrected chi connectivity index (χ0v) is 11.5. The average Bonchev–Trinajstić information content (AvgIpc) is 2.44. The molecule has 104 valence electrons. The first-order valence-electron chi connectivity index (χ1n) is 6.28. The molecular weight excluding hydrogens is 244 g/mol. The number of hydrogen-bond acceptors (Lipinski definition) is 4. The van der Waals surface area contributed by atoms with Crippen molar-refractivity contribution in [1.29, 1.82) is 0 Å². The molecular formula is C14H20N2O3. The van der Waals surface area contributed by atoms with Gasteiger partial charge in [-0.15, -0.1) is 0 Å². The number of rotatable bonds is 6. The van der Waals surface area contributed by atoms with Gasteiger partial charge in [-0.3, -0.25) is 4.79 Å². The summed E-state index contributed by atoms with van der Waals surface area (Å²) in [5.74, 6) is -0.467. The molecule has 5 heteroatoms. The standard InChI is InChI=1S/C14H20N2O3/c1-4-10(2)16-13(17)9-15-12-7-5-6-11(8-12)14(18)19-3/h5-8,10,15H,4,9H2,1-3H3,(H,16,17). The van der Waals surface area contributed by atoms with Crippen LogP contribution in [0.25, 0.3) is 0 Å². The highest BCUT2D eigenvalue weighted by molar-refractivity contribution is 5.90. The number of esters is 1. The van der Waals surface area contributed by atoms with Crippen molar-refractivity contribution in [3.63, 3.8) is 0 Å². The molecule has 1 aromatic rings. The summed E-state index contributed by atoms with van der Waals surface area (Å²) in [7, 11) is 1.34. The van der Waals surface area contributed by atoms with Crippen molar-refractivity contribution in [1.82, 2.24) is 5.32 Å². The lowest BCUT2D eigenvalue weighted by Gasteiger charge is -2.12. The van der Waals surface area contributed by atoms with E-state index >= 15 is 0 Å². The second-order valence-electron chi connectivity index (χ2n) is 4.30. The molecule has 2 N–H and O–H groups in total. The van der Waals surface area contributed by atoms with Crippen LogP contribution in [-0.2, 0) is 9.53 Å². The van der Waals surface area contributed by atoms with Gasteiger partial charge in [0, 0.05) is 11.7 Å². The number of nitrogens with one attached hydrogen (secondary N) is 2. The van der Waals surface area contributed by atoms with Crippen LogP contribution in [0, 0.1) is 0 Å². The smallest absolute Gasteiger partial charge is 0.337 e. The van der Waals surface area contributed by atoms with Gasteiger partial charge in [-0.2, -0.15) is 0 Å². The molecule has 0 radical (unpaired) electrons. The average molecular weight is 264 g/mol. The highest BCUT2D eigenvalue weighted by Gasteiger charge is 2.07. The lowest BCUT2D eigenvalue weighted by molar-refractivity contribution is -0.120. The van der Waals surface area contributed by atoms with E-state index in [0.717, 1.165) is 6.42 Å². The predicted molar refractivity (Wildman–Crippen MR) is 74.2 cm³/mol. The summed E-state index contributed by atoms with van der Waals surface area (Å²) >= 11 is 0. The van der Waals surface area contributed by atoms with Crippen molar-refractivity contribution >= 4 is 17.6 Å². The quantitative estimate of drug-likeness (QED) is 0.769. The molecule has 0 aliphatic heterocycles. The van der Waals surface area contributed by atoms with E-state index in [1.54, 1.807) is 24.3 Å². The van der Waals surface area contributed by atoms with Gasteiger partial charge < -0.3 is 15.4 Å². The third kappa shape index (κ3) is 4.99. The highest BCUT2D eigenvalue weighted by atomic mass is 16.5. The zero-order valence-electron chi connectivity index (χ0n) is 11.5. The van der Waals surface area contributed by atoms with Gasteiger partial charge in [0.05, 0.1) is 19.2 Å². The summed E-state index contributed by atoms with van der Waals surface area (Å²) in [5, 5.41) is 5.83. The molecule has 0 saturated carbocycles. The molecule has 0 aromatic heterocycles. The second-order valence-corrected chi connectivity index (χ2v) is 4.30. The van der Waals surface area contributed by atoms with Gasteiger partial charge in [0.2, 0.25) is 5.91 Å². The fraction of sp³-hybridized carbons (Fsp3) is 0.429. The fourth-order valence-corrected chi connectivity index (χ4v) is 1.48. The maximum absolute atomic E-state index is 11.6. The molecule has 1 unspecified atom stereocenters. The second kappa shape index (κ2) is 7.41. The van der Waals surface area contributed by atoms with Gasteiger partial charge >= 0.3 is 5.97 Å². The van der Waals surface area contributed by atoms with E-state index in [1.165, 1.54) is 7.11 Å². The van der Waals surface area contributed by atoms with Crippen molar-refractivity contribution in [2.75, 3.05) is 19.0 Å². The Kier molecular flexibility index (Phi) is 5.85. The predicted octanol–water partition coefficient (Wildman–Crippen LogP) is 1.80. The molecule has 0 fully saturated rings. The number of ether oxygens (including phenoxy) is 1. The van der Waals surface area contributed by atoms with Crippen LogP contribution in [0.15, 0.2) is 24.3 Å². The van der Waals surface area contributed by atoms with Gasteiger partial charge in [-0.05, 0) is 31.5 Å². The number of anilines is 1. The van der Waals surface area contributed by atoms with E-state index in [1.807, 2.05) is 13.8 Å². The number of benzene rings is 1. The first-order chi connectivity index (χ1) is 9.06. The van der Waals surface area contributed by atoms with Crippen molar-refractivity contribution < 1.29 is 14.3 Å². The van der Waals surface area contributed by atoms with E-state index < -0.39 is 5.97 Å². The third-order valence-electron chi connectivity index (χ3n) is 2.76. The lowest BCUT2D eigenvalue weighted by atomic mass is 10.2. The molecule has 1 amide bonds.